The Bertz CT molecular complexity index is 1020. The van der Waals surface area contributed by atoms with E-state index in [1.165, 1.54) is 18.4 Å². The summed E-state index contributed by atoms with van der Waals surface area (Å²) in [5.74, 6) is 4.17. The van der Waals surface area contributed by atoms with Gasteiger partial charge in [-0.3, -0.25) is 0 Å². The Morgan fingerprint density at radius 1 is 0.744 bits per heavy atom. The van der Waals surface area contributed by atoms with Crippen molar-refractivity contribution in [2.24, 2.45) is 35.5 Å². The Morgan fingerprint density at radius 3 is 1.60 bits per heavy atom. The number of amides is 2. The van der Waals surface area contributed by atoms with E-state index in [1.807, 2.05) is 57.4 Å². The van der Waals surface area contributed by atoms with Gasteiger partial charge in [0.25, 0.3) is 0 Å². The smallest absolute Gasteiger partial charge is 0.410 e. The number of aliphatic hydroxyl groups is 1. The second-order valence-corrected chi connectivity index (χ2v) is 15.1. The lowest BCUT2D eigenvalue weighted by atomic mass is 9.91. The summed E-state index contributed by atoms with van der Waals surface area (Å²) < 4.78 is 16.7. The molecule has 0 spiro atoms. The molecule has 4 atom stereocenters. The predicted octanol–water partition coefficient (Wildman–Crippen LogP) is 6.75. The average Bonchev–Trinajstić information content (AvgIpc) is 3.88. The molecular formula is C35H56N2O6. The standard InChI is InChI=1S/C21H31NO3.C14H25NO3/c1-21(2,3)25-20(23)22-11-9-17(10-12-22)19-13-18(19)15-24-14-16-7-5-4-6-8-16;1-14(2,3)18-13(17)15-6-4-10(5-7-15)12-8-11(12)9-16/h4-8,17-19H,9-15H2,1-3H3;10-12,16H,4-9H2,1-3H3/t18-,19+;11-,12+/m00/s1. The molecule has 1 N–H and O–H groups in total. The second kappa shape index (κ2) is 14.6. The van der Waals surface area contributed by atoms with E-state index in [2.05, 4.69) is 24.3 Å². The first kappa shape index (κ1) is 33.6. The van der Waals surface area contributed by atoms with Gasteiger partial charge < -0.3 is 29.1 Å². The van der Waals surface area contributed by atoms with Gasteiger partial charge in [-0.05, 0) is 121 Å². The van der Waals surface area contributed by atoms with E-state index in [0.29, 0.717) is 36.9 Å². The fourth-order valence-corrected chi connectivity index (χ4v) is 6.67. The molecule has 2 saturated heterocycles. The molecule has 0 radical (unpaired) electrons. The number of likely N-dealkylation sites (tertiary alicyclic amines) is 2. The average molecular weight is 601 g/mol. The summed E-state index contributed by atoms with van der Waals surface area (Å²) >= 11 is 0. The summed E-state index contributed by atoms with van der Waals surface area (Å²) in [6.45, 7) is 16.6. The van der Waals surface area contributed by atoms with Crippen molar-refractivity contribution >= 4 is 12.2 Å². The lowest BCUT2D eigenvalue weighted by Crippen LogP contribution is -2.42. The van der Waals surface area contributed by atoms with Crippen molar-refractivity contribution in [2.45, 2.75) is 97.9 Å². The van der Waals surface area contributed by atoms with Gasteiger partial charge in [-0.1, -0.05) is 30.3 Å². The minimum absolute atomic E-state index is 0.163. The highest BCUT2D eigenvalue weighted by atomic mass is 16.6. The summed E-state index contributed by atoms with van der Waals surface area (Å²) in [5, 5.41) is 9.09. The Kier molecular flexibility index (Phi) is 11.4. The predicted molar refractivity (Wildman–Crippen MR) is 167 cm³/mol. The second-order valence-electron chi connectivity index (χ2n) is 15.1. The molecule has 5 rings (SSSR count). The molecule has 2 saturated carbocycles. The molecule has 1 aromatic rings. The van der Waals surface area contributed by atoms with E-state index in [4.69, 9.17) is 19.3 Å². The van der Waals surface area contributed by atoms with Crippen LogP contribution in [0.2, 0.25) is 0 Å². The van der Waals surface area contributed by atoms with E-state index in [-0.39, 0.29) is 12.2 Å². The van der Waals surface area contributed by atoms with Crippen LogP contribution in [0.15, 0.2) is 30.3 Å². The Balaban J connectivity index is 0.000000208. The zero-order chi connectivity index (χ0) is 31.2. The molecular weight excluding hydrogens is 544 g/mol. The van der Waals surface area contributed by atoms with Crippen LogP contribution in [-0.2, 0) is 20.8 Å². The third-order valence-electron chi connectivity index (χ3n) is 9.23. The van der Waals surface area contributed by atoms with Gasteiger partial charge >= 0.3 is 12.2 Å². The maximum Gasteiger partial charge on any atom is 0.410 e. The molecule has 8 heteroatoms. The van der Waals surface area contributed by atoms with Gasteiger partial charge in [0, 0.05) is 32.8 Å². The molecule has 4 aliphatic rings. The molecule has 242 valence electrons. The summed E-state index contributed by atoms with van der Waals surface area (Å²) in [6, 6.07) is 10.4. The topological polar surface area (TPSA) is 88.5 Å². The van der Waals surface area contributed by atoms with Crippen LogP contribution in [0.3, 0.4) is 0 Å². The highest BCUT2D eigenvalue weighted by molar-refractivity contribution is 5.68. The Morgan fingerprint density at radius 2 is 1.19 bits per heavy atom. The number of rotatable bonds is 7. The third kappa shape index (κ3) is 11.0. The monoisotopic (exact) mass is 600 g/mol. The number of benzene rings is 1. The number of piperidine rings is 2. The SMILES string of the molecule is CC(C)(C)OC(=O)N1CCC([C@H]2C[C@H]2CO)CC1.CC(C)(C)OC(=O)N1CCC([C@H]2C[C@H]2COCc2ccccc2)CC1. The molecule has 4 fully saturated rings. The molecule has 8 nitrogen and oxygen atoms in total. The molecule has 1 aromatic carbocycles. The number of carbonyl (C=O) groups excluding carboxylic acids is 2. The van der Waals surface area contributed by atoms with E-state index >= 15 is 0 Å². The van der Waals surface area contributed by atoms with Gasteiger partial charge in [-0.15, -0.1) is 0 Å². The van der Waals surface area contributed by atoms with Crippen molar-refractivity contribution < 1.29 is 28.9 Å². The van der Waals surface area contributed by atoms with Crippen molar-refractivity contribution in [2.75, 3.05) is 39.4 Å². The van der Waals surface area contributed by atoms with Gasteiger partial charge in [-0.25, -0.2) is 9.59 Å². The first-order valence-corrected chi connectivity index (χ1v) is 16.5. The van der Waals surface area contributed by atoms with E-state index in [1.54, 1.807) is 0 Å². The van der Waals surface area contributed by atoms with Crippen molar-refractivity contribution in [1.29, 1.82) is 0 Å². The zero-order valence-corrected chi connectivity index (χ0v) is 27.4. The van der Waals surface area contributed by atoms with Crippen LogP contribution in [-0.4, -0.2) is 77.7 Å². The largest absolute Gasteiger partial charge is 0.444 e. The number of hydrogen-bond acceptors (Lipinski definition) is 6. The van der Waals surface area contributed by atoms with Crippen LogP contribution in [0.1, 0.15) is 85.6 Å². The maximum atomic E-state index is 12.1. The molecule has 2 aliphatic carbocycles. The molecule has 2 amide bonds. The van der Waals surface area contributed by atoms with Gasteiger partial charge in [0.05, 0.1) is 13.2 Å². The molecule has 2 aliphatic heterocycles. The van der Waals surface area contributed by atoms with Crippen molar-refractivity contribution in [3.8, 4) is 0 Å². The van der Waals surface area contributed by atoms with Crippen molar-refractivity contribution in [3.05, 3.63) is 35.9 Å². The number of ether oxygens (including phenoxy) is 3. The quantitative estimate of drug-likeness (QED) is 0.373. The van der Waals surface area contributed by atoms with Crippen LogP contribution in [0.4, 0.5) is 9.59 Å². The molecule has 0 bridgehead atoms. The minimum Gasteiger partial charge on any atom is -0.444 e. The summed E-state index contributed by atoms with van der Waals surface area (Å²) in [5.41, 5.74) is 0.420. The van der Waals surface area contributed by atoms with Crippen LogP contribution >= 0.6 is 0 Å². The maximum absolute atomic E-state index is 12.1. The highest BCUT2D eigenvalue weighted by Crippen LogP contribution is 2.48. The summed E-state index contributed by atoms with van der Waals surface area (Å²) in [7, 11) is 0. The Labute approximate surface area is 259 Å². The minimum atomic E-state index is -0.411. The molecule has 43 heavy (non-hydrogen) atoms. The van der Waals surface area contributed by atoms with Gasteiger partial charge in [0.1, 0.15) is 11.2 Å². The first-order valence-electron chi connectivity index (χ1n) is 16.5. The lowest BCUT2D eigenvalue weighted by Gasteiger charge is -2.33. The number of aliphatic hydroxyl groups excluding tert-OH is 1. The van der Waals surface area contributed by atoms with Crippen molar-refractivity contribution in [3.63, 3.8) is 0 Å². The first-order chi connectivity index (χ1) is 20.3. The molecule has 0 unspecified atom stereocenters. The fourth-order valence-electron chi connectivity index (χ4n) is 6.67. The van der Waals surface area contributed by atoms with Crippen LogP contribution < -0.4 is 0 Å². The van der Waals surface area contributed by atoms with Gasteiger partial charge in [0.2, 0.25) is 0 Å². The lowest BCUT2D eigenvalue weighted by molar-refractivity contribution is 0.0161. The van der Waals surface area contributed by atoms with Crippen LogP contribution in [0.5, 0.6) is 0 Å². The summed E-state index contributed by atoms with van der Waals surface area (Å²) in [6.07, 6.45) is 6.42. The van der Waals surface area contributed by atoms with Gasteiger partial charge in [0.15, 0.2) is 0 Å². The number of hydrogen-bond donors (Lipinski definition) is 1. The van der Waals surface area contributed by atoms with E-state index < -0.39 is 11.2 Å². The highest BCUT2D eigenvalue weighted by Gasteiger charge is 2.45. The Hall–Kier alpha value is -2.32. The van der Waals surface area contributed by atoms with Crippen LogP contribution in [0, 0.1) is 35.5 Å². The molecule has 2 heterocycles. The number of carbonyl (C=O) groups is 2. The third-order valence-corrected chi connectivity index (χ3v) is 9.23. The fraction of sp³-hybridized carbons (Fsp3) is 0.771. The molecule has 0 aromatic heterocycles. The van der Waals surface area contributed by atoms with E-state index in [0.717, 1.165) is 70.3 Å². The summed E-state index contributed by atoms with van der Waals surface area (Å²) in [4.78, 5) is 27.7. The van der Waals surface area contributed by atoms with Crippen LogP contribution in [0.25, 0.3) is 0 Å². The zero-order valence-electron chi connectivity index (χ0n) is 27.4. The number of nitrogens with zero attached hydrogens (tertiary/aromatic N) is 2. The van der Waals surface area contributed by atoms with Gasteiger partial charge in [-0.2, -0.15) is 0 Å². The normalized spacial score (nSPS) is 26.3. The van der Waals surface area contributed by atoms with E-state index in [9.17, 15) is 9.59 Å². The van der Waals surface area contributed by atoms with Crippen molar-refractivity contribution in [1.82, 2.24) is 9.80 Å².